The number of amides is 1. The molecule has 1 fully saturated rings. The maximum atomic E-state index is 13.0. The van der Waals surface area contributed by atoms with Gasteiger partial charge in [0.05, 0.1) is 5.52 Å². The van der Waals surface area contributed by atoms with E-state index < -0.39 is 0 Å². The molecule has 39 heavy (non-hydrogen) atoms. The molecule has 0 spiro atoms. The highest BCUT2D eigenvalue weighted by molar-refractivity contribution is 5.82. The van der Waals surface area contributed by atoms with E-state index in [4.69, 9.17) is 0 Å². The summed E-state index contributed by atoms with van der Waals surface area (Å²) >= 11 is 0. The molecule has 0 atom stereocenters. The Morgan fingerprint density at radius 1 is 0.846 bits per heavy atom. The van der Waals surface area contributed by atoms with Crippen molar-refractivity contribution < 1.29 is 4.79 Å². The van der Waals surface area contributed by atoms with Crippen LogP contribution in [-0.4, -0.2) is 51.1 Å². The van der Waals surface area contributed by atoms with Gasteiger partial charge >= 0.3 is 5.69 Å². The number of hydrogen-bond donors (Lipinski definition) is 1. The molecule has 8 nitrogen and oxygen atoms in total. The van der Waals surface area contributed by atoms with Gasteiger partial charge in [-0.15, -0.1) is 0 Å². The highest BCUT2D eigenvalue weighted by Crippen LogP contribution is 2.23. The van der Waals surface area contributed by atoms with E-state index in [1.165, 1.54) is 10.3 Å². The number of aromatic amines is 1. The van der Waals surface area contributed by atoms with Crippen LogP contribution in [0.3, 0.4) is 0 Å². The molecule has 1 amide bonds. The first-order valence-corrected chi connectivity index (χ1v) is 14.0. The Labute approximate surface area is 228 Å². The number of carbonyl (C=O) groups excluding carboxylic acids is 1. The molecule has 1 N–H and O–H groups in total. The molecule has 2 aromatic carbocycles. The van der Waals surface area contributed by atoms with Crippen molar-refractivity contribution in [2.45, 2.75) is 52.6 Å². The number of hydrogen-bond acceptors (Lipinski definition) is 4. The van der Waals surface area contributed by atoms with Crippen molar-refractivity contribution >= 4 is 22.6 Å². The van der Waals surface area contributed by atoms with Gasteiger partial charge in [-0.3, -0.25) is 18.7 Å². The number of aromatic nitrogens is 3. The number of fused-ring (bicyclic) bond motifs is 1. The molecule has 8 heteroatoms. The predicted octanol–water partition coefficient (Wildman–Crippen LogP) is 4.26. The van der Waals surface area contributed by atoms with E-state index in [1.807, 2.05) is 67.3 Å². The molecule has 5 rings (SSSR count). The molecule has 4 aromatic rings. The Morgan fingerprint density at radius 3 is 2.18 bits per heavy atom. The first kappa shape index (κ1) is 26.5. The molecule has 3 heterocycles. The number of carbonyl (C=O) groups is 1. The van der Waals surface area contributed by atoms with E-state index in [0.29, 0.717) is 43.4 Å². The van der Waals surface area contributed by atoms with Gasteiger partial charge in [-0.25, -0.2) is 4.79 Å². The lowest BCUT2D eigenvalue weighted by atomic mass is 10.1. The van der Waals surface area contributed by atoms with Crippen LogP contribution < -0.4 is 16.1 Å². The second-order valence-corrected chi connectivity index (χ2v) is 10.2. The zero-order chi connectivity index (χ0) is 27.4. The van der Waals surface area contributed by atoms with Crippen LogP contribution >= 0.6 is 0 Å². The monoisotopic (exact) mass is 527 g/mol. The normalized spacial score (nSPS) is 13.8. The van der Waals surface area contributed by atoms with Crippen molar-refractivity contribution in [3.05, 3.63) is 87.1 Å². The summed E-state index contributed by atoms with van der Waals surface area (Å²) in [6.07, 6.45) is 2.68. The lowest BCUT2D eigenvalue weighted by molar-refractivity contribution is -0.131. The van der Waals surface area contributed by atoms with Gasteiger partial charge in [-0.2, -0.15) is 0 Å². The number of anilines is 1. The molecule has 0 unspecified atom stereocenters. The van der Waals surface area contributed by atoms with Gasteiger partial charge in [0.25, 0.3) is 5.56 Å². The number of nitrogens with zero attached hydrogens (tertiary/aromatic N) is 4. The van der Waals surface area contributed by atoms with Gasteiger partial charge in [-0.1, -0.05) is 56.3 Å². The van der Waals surface area contributed by atoms with Crippen LogP contribution in [0.15, 0.2) is 70.3 Å². The fourth-order valence-electron chi connectivity index (χ4n) is 5.42. The average Bonchev–Trinajstić information content (AvgIpc) is 3.43. The Bertz CT molecular complexity index is 1540. The van der Waals surface area contributed by atoms with Crippen LogP contribution in [0.2, 0.25) is 0 Å². The number of aryl methyl sites for hydroxylation is 2. The molecule has 0 saturated carbocycles. The van der Waals surface area contributed by atoms with Crippen molar-refractivity contribution in [2.24, 2.45) is 0 Å². The molecular formula is C31H37N5O3. The van der Waals surface area contributed by atoms with Crippen LogP contribution in [0, 0.1) is 0 Å². The minimum atomic E-state index is -0.268. The topological polar surface area (TPSA) is 83.3 Å². The van der Waals surface area contributed by atoms with Gasteiger partial charge in [0.1, 0.15) is 5.52 Å². The summed E-state index contributed by atoms with van der Waals surface area (Å²) in [6.45, 7) is 8.14. The Morgan fingerprint density at radius 2 is 1.51 bits per heavy atom. The second-order valence-electron chi connectivity index (χ2n) is 10.2. The molecule has 204 valence electrons. The summed E-state index contributed by atoms with van der Waals surface area (Å²) < 4.78 is 3.03. The molecular weight excluding hydrogens is 490 g/mol. The maximum Gasteiger partial charge on any atom is 0.331 e. The van der Waals surface area contributed by atoms with Crippen molar-refractivity contribution in [1.82, 2.24) is 19.0 Å². The van der Waals surface area contributed by atoms with E-state index in [-0.39, 0.29) is 17.2 Å². The van der Waals surface area contributed by atoms with Crippen LogP contribution in [0.5, 0.6) is 0 Å². The van der Waals surface area contributed by atoms with Gasteiger partial charge in [0.2, 0.25) is 5.91 Å². The molecule has 1 aliphatic heterocycles. The second kappa shape index (κ2) is 11.8. The van der Waals surface area contributed by atoms with E-state index in [1.54, 1.807) is 4.57 Å². The first-order chi connectivity index (χ1) is 19.0. The fourth-order valence-corrected chi connectivity index (χ4v) is 5.42. The minimum Gasteiger partial charge on any atom is -0.368 e. The molecule has 0 aliphatic carbocycles. The minimum absolute atomic E-state index is 0.194. The van der Waals surface area contributed by atoms with Crippen LogP contribution in [0.1, 0.15) is 38.7 Å². The zero-order valence-corrected chi connectivity index (χ0v) is 22.9. The highest BCUT2D eigenvalue weighted by Gasteiger charge is 2.21. The van der Waals surface area contributed by atoms with Gasteiger partial charge in [0.15, 0.2) is 0 Å². The van der Waals surface area contributed by atoms with Crippen LogP contribution in [0.25, 0.3) is 22.3 Å². The fraction of sp³-hybridized carbons (Fsp3) is 0.387. The largest absolute Gasteiger partial charge is 0.368 e. The number of piperazine rings is 1. The van der Waals surface area contributed by atoms with Gasteiger partial charge in [-0.05, 0) is 48.6 Å². The summed E-state index contributed by atoms with van der Waals surface area (Å²) in [5, 5.41) is 0. The van der Waals surface area contributed by atoms with Crippen molar-refractivity contribution in [2.75, 3.05) is 31.1 Å². The zero-order valence-electron chi connectivity index (χ0n) is 22.9. The average molecular weight is 528 g/mol. The quantitative estimate of drug-likeness (QED) is 0.353. The molecule has 0 radical (unpaired) electrons. The maximum absolute atomic E-state index is 13.0. The smallest absolute Gasteiger partial charge is 0.331 e. The number of nitrogens with one attached hydrogen (secondary N) is 1. The number of rotatable bonds is 9. The number of H-pyrrole nitrogens is 1. The lowest BCUT2D eigenvalue weighted by Crippen LogP contribution is -2.48. The van der Waals surface area contributed by atoms with Crippen LogP contribution in [0.4, 0.5) is 5.69 Å². The van der Waals surface area contributed by atoms with E-state index in [0.717, 1.165) is 49.4 Å². The molecule has 0 bridgehead atoms. The molecule has 1 aliphatic rings. The Kier molecular flexibility index (Phi) is 8.00. The van der Waals surface area contributed by atoms with Crippen molar-refractivity contribution in [3.63, 3.8) is 0 Å². The van der Waals surface area contributed by atoms with Crippen molar-refractivity contribution in [3.8, 4) is 11.3 Å². The third-order valence-corrected chi connectivity index (χ3v) is 7.55. The standard InChI is InChI=1S/C31H37N5O3/c1-3-16-35-27-22-26(32-29(27)30(38)36(17-4-2)31(35)39)24-13-10-23(11-14-24)12-15-28(37)34-20-18-33(19-21-34)25-8-6-5-7-9-25/h5-11,13-14,22,32H,3-4,12,15-21H2,1-2H3. The summed E-state index contributed by atoms with van der Waals surface area (Å²) in [7, 11) is 0. The highest BCUT2D eigenvalue weighted by atomic mass is 16.2. The third kappa shape index (κ3) is 5.55. The Hall–Kier alpha value is -4.07. The summed E-state index contributed by atoms with van der Waals surface area (Å²) in [6, 6.07) is 20.3. The third-order valence-electron chi connectivity index (χ3n) is 7.55. The summed E-state index contributed by atoms with van der Waals surface area (Å²) in [5.74, 6) is 0.194. The van der Waals surface area contributed by atoms with E-state index in [2.05, 4.69) is 22.0 Å². The van der Waals surface area contributed by atoms with E-state index >= 15 is 0 Å². The van der Waals surface area contributed by atoms with Crippen molar-refractivity contribution in [1.29, 1.82) is 0 Å². The number of para-hydroxylation sites is 1. The lowest BCUT2D eigenvalue weighted by Gasteiger charge is -2.36. The van der Waals surface area contributed by atoms with Gasteiger partial charge < -0.3 is 14.8 Å². The Balaban J connectivity index is 1.25. The summed E-state index contributed by atoms with van der Waals surface area (Å²) in [5.41, 5.74) is 4.65. The first-order valence-electron chi connectivity index (χ1n) is 14.0. The number of benzene rings is 2. The van der Waals surface area contributed by atoms with Gasteiger partial charge in [0, 0.05) is 57.1 Å². The summed E-state index contributed by atoms with van der Waals surface area (Å²) in [4.78, 5) is 46.5. The SMILES string of the molecule is CCCn1c(=O)c2[nH]c(-c3ccc(CCC(=O)N4CCN(c5ccccc5)CC4)cc3)cc2n(CCC)c1=O. The predicted molar refractivity (Wildman–Crippen MR) is 156 cm³/mol. The molecule has 2 aromatic heterocycles. The van der Waals surface area contributed by atoms with E-state index in [9.17, 15) is 14.4 Å². The molecule has 1 saturated heterocycles. The van der Waals surface area contributed by atoms with Crippen LogP contribution in [-0.2, 0) is 24.3 Å².